The number of hydrogen-bond donors (Lipinski definition) is 0. The third-order valence-corrected chi connectivity index (χ3v) is 5.73. The van der Waals surface area contributed by atoms with Gasteiger partial charge in [0.15, 0.2) is 5.75 Å². The van der Waals surface area contributed by atoms with Gasteiger partial charge in [0, 0.05) is 13.1 Å². The van der Waals surface area contributed by atoms with E-state index < -0.39 is 10.0 Å². The topological polar surface area (TPSA) is 61.2 Å². The van der Waals surface area contributed by atoms with Gasteiger partial charge in [0.2, 0.25) is 10.0 Å². The van der Waals surface area contributed by atoms with E-state index in [1.807, 2.05) is 0 Å². The van der Waals surface area contributed by atoms with E-state index in [1.165, 1.54) is 30.0 Å². The van der Waals surface area contributed by atoms with Crippen molar-refractivity contribution in [3.05, 3.63) is 0 Å². The lowest BCUT2D eigenvalue weighted by Gasteiger charge is -2.38. The molecule has 1 aliphatic carbocycles. The Balaban J connectivity index is 1.97. The predicted octanol–water partition coefficient (Wildman–Crippen LogP) is 1.50. The maximum Gasteiger partial charge on any atom is 0.227 e. The number of hydrogen-bond acceptors (Lipinski definition) is 3. The van der Waals surface area contributed by atoms with E-state index in [-0.39, 0.29) is 5.75 Å². The highest BCUT2D eigenvalue weighted by Gasteiger charge is 2.39. The van der Waals surface area contributed by atoms with Crippen LogP contribution in [0.25, 0.3) is 0 Å². The Morgan fingerprint density at radius 2 is 1.69 bits per heavy atom. The maximum absolute atomic E-state index is 11.7. The largest absolute Gasteiger partial charge is 0.227 e. The summed E-state index contributed by atoms with van der Waals surface area (Å²) in [5.74, 6) is -0.375. The predicted molar refractivity (Wildman–Crippen MR) is 61.1 cm³/mol. The molecule has 2 aliphatic rings. The molecule has 4 nitrogen and oxygen atoms in total. The van der Waals surface area contributed by atoms with Crippen LogP contribution >= 0.6 is 0 Å². The Kier molecular flexibility index (Phi) is 3.22. The quantitative estimate of drug-likeness (QED) is 0.737. The number of sulfonamides is 1. The summed E-state index contributed by atoms with van der Waals surface area (Å²) in [5.41, 5.74) is 0.429. The van der Waals surface area contributed by atoms with Gasteiger partial charge in [-0.15, -0.1) is 0 Å². The first-order valence-electron chi connectivity index (χ1n) is 5.93. The molecule has 0 aromatic rings. The van der Waals surface area contributed by atoms with Crippen molar-refractivity contribution in [1.29, 1.82) is 5.26 Å². The highest BCUT2D eigenvalue weighted by molar-refractivity contribution is 7.89. The van der Waals surface area contributed by atoms with E-state index in [0.717, 1.165) is 12.8 Å². The Hall–Kier alpha value is -0.600. The lowest BCUT2D eigenvalue weighted by Crippen LogP contribution is -2.42. The summed E-state index contributed by atoms with van der Waals surface area (Å²) in [6.07, 6.45) is 7.09. The minimum Gasteiger partial charge on any atom is -0.211 e. The molecule has 0 aromatic heterocycles. The first-order chi connectivity index (χ1) is 7.58. The van der Waals surface area contributed by atoms with Crippen LogP contribution in [0, 0.1) is 16.7 Å². The summed E-state index contributed by atoms with van der Waals surface area (Å²) >= 11 is 0. The Morgan fingerprint density at radius 3 is 2.19 bits per heavy atom. The first-order valence-corrected chi connectivity index (χ1v) is 7.54. The fourth-order valence-electron chi connectivity index (χ4n) is 3.04. The van der Waals surface area contributed by atoms with Crippen LogP contribution < -0.4 is 0 Å². The third kappa shape index (κ3) is 2.23. The van der Waals surface area contributed by atoms with E-state index in [0.29, 0.717) is 18.5 Å². The number of piperidine rings is 1. The zero-order valence-corrected chi connectivity index (χ0v) is 10.3. The molecule has 2 rings (SSSR count). The van der Waals surface area contributed by atoms with Crippen LogP contribution in [0.4, 0.5) is 0 Å². The van der Waals surface area contributed by atoms with Crippen molar-refractivity contribution >= 4 is 10.0 Å². The highest BCUT2D eigenvalue weighted by atomic mass is 32.2. The van der Waals surface area contributed by atoms with Crippen molar-refractivity contribution in [1.82, 2.24) is 4.31 Å². The first kappa shape index (κ1) is 11.9. The average Bonchev–Trinajstić information content (AvgIpc) is 2.67. The number of nitrogens with zero attached hydrogens (tertiary/aromatic N) is 2. The summed E-state index contributed by atoms with van der Waals surface area (Å²) in [7, 11) is -3.31. The summed E-state index contributed by atoms with van der Waals surface area (Å²) < 4.78 is 24.9. The summed E-state index contributed by atoms with van der Waals surface area (Å²) in [4.78, 5) is 0. The molecule has 2 fully saturated rings. The average molecular weight is 242 g/mol. The molecule has 5 heteroatoms. The van der Waals surface area contributed by atoms with E-state index in [4.69, 9.17) is 5.26 Å². The van der Waals surface area contributed by atoms with Crippen LogP contribution in [-0.2, 0) is 10.0 Å². The molecule has 16 heavy (non-hydrogen) atoms. The summed E-state index contributed by atoms with van der Waals surface area (Å²) in [6.45, 7) is 1.23. The third-order valence-electron chi connectivity index (χ3n) is 4.09. The van der Waals surface area contributed by atoms with Crippen molar-refractivity contribution in [3.8, 4) is 6.07 Å². The monoisotopic (exact) mass is 242 g/mol. The van der Waals surface area contributed by atoms with Gasteiger partial charge in [0.25, 0.3) is 0 Å². The van der Waals surface area contributed by atoms with Crippen LogP contribution in [0.2, 0.25) is 0 Å². The molecule has 0 amide bonds. The standard InChI is InChI=1S/C11H18N2O2S/c12-7-10-16(14,15)13-8-5-11(6-9-13)3-1-2-4-11/h1-6,8-10H2. The van der Waals surface area contributed by atoms with Crippen LogP contribution in [0.15, 0.2) is 0 Å². The summed E-state index contributed by atoms with van der Waals surface area (Å²) in [6, 6.07) is 1.74. The molecule has 1 saturated heterocycles. The smallest absolute Gasteiger partial charge is 0.211 e. The van der Waals surface area contributed by atoms with Gasteiger partial charge in [-0.2, -0.15) is 5.26 Å². The molecule has 0 aromatic carbocycles. The van der Waals surface area contributed by atoms with Crippen molar-refractivity contribution in [2.24, 2.45) is 5.41 Å². The van der Waals surface area contributed by atoms with Gasteiger partial charge in [-0.05, 0) is 31.1 Å². The fourth-order valence-corrected chi connectivity index (χ4v) is 4.12. The minimum absolute atomic E-state index is 0.375. The van der Waals surface area contributed by atoms with Gasteiger partial charge < -0.3 is 0 Å². The van der Waals surface area contributed by atoms with E-state index in [1.54, 1.807) is 6.07 Å². The molecule has 0 atom stereocenters. The van der Waals surface area contributed by atoms with Crippen molar-refractivity contribution in [3.63, 3.8) is 0 Å². The normalized spacial score (nSPS) is 25.7. The Labute approximate surface area is 97.3 Å². The van der Waals surface area contributed by atoms with Crippen LogP contribution in [0.5, 0.6) is 0 Å². The fraction of sp³-hybridized carbons (Fsp3) is 0.909. The maximum atomic E-state index is 11.7. The lowest BCUT2D eigenvalue weighted by molar-refractivity contribution is 0.160. The molecule has 0 unspecified atom stereocenters. The highest BCUT2D eigenvalue weighted by Crippen LogP contribution is 2.46. The molecule has 0 bridgehead atoms. The van der Waals surface area contributed by atoms with Gasteiger partial charge in [-0.3, -0.25) is 0 Å². The van der Waals surface area contributed by atoms with Crippen molar-refractivity contribution in [2.45, 2.75) is 38.5 Å². The van der Waals surface area contributed by atoms with E-state index in [2.05, 4.69) is 0 Å². The van der Waals surface area contributed by atoms with Gasteiger partial charge in [0.1, 0.15) is 0 Å². The molecule has 0 N–H and O–H groups in total. The molecule has 1 spiro atoms. The SMILES string of the molecule is N#CCS(=O)(=O)N1CCC2(CCCC2)CC1. The molecule has 90 valence electrons. The van der Waals surface area contributed by atoms with Crippen LogP contribution in [0.1, 0.15) is 38.5 Å². The van der Waals surface area contributed by atoms with Crippen LogP contribution in [0.3, 0.4) is 0 Å². The molecule has 1 saturated carbocycles. The van der Waals surface area contributed by atoms with Gasteiger partial charge >= 0.3 is 0 Å². The van der Waals surface area contributed by atoms with E-state index >= 15 is 0 Å². The van der Waals surface area contributed by atoms with Crippen LogP contribution in [-0.4, -0.2) is 31.6 Å². The zero-order chi connectivity index (χ0) is 11.6. The van der Waals surface area contributed by atoms with E-state index in [9.17, 15) is 8.42 Å². The number of nitriles is 1. The Morgan fingerprint density at radius 1 is 1.12 bits per heavy atom. The zero-order valence-electron chi connectivity index (χ0n) is 9.48. The van der Waals surface area contributed by atoms with Crippen molar-refractivity contribution in [2.75, 3.05) is 18.8 Å². The van der Waals surface area contributed by atoms with Gasteiger partial charge in [-0.25, -0.2) is 12.7 Å². The second-order valence-corrected chi connectivity index (χ2v) is 6.99. The van der Waals surface area contributed by atoms with Gasteiger partial charge in [-0.1, -0.05) is 12.8 Å². The lowest BCUT2D eigenvalue weighted by atomic mass is 9.78. The number of rotatable bonds is 2. The van der Waals surface area contributed by atoms with Crippen molar-refractivity contribution < 1.29 is 8.42 Å². The molecule has 0 radical (unpaired) electrons. The molecule has 1 heterocycles. The second kappa shape index (κ2) is 4.34. The van der Waals surface area contributed by atoms with Gasteiger partial charge in [0.05, 0.1) is 6.07 Å². The molecule has 1 aliphatic heterocycles. The summed E-state index contributed by atoms with van der Waals surface area (Å²) in [5, 5.41) is 8.48. The molecular weight excluding hydrogens is 224 g/mol. The second-order valence-electron chi connectivity index (χ2n) is 5.02. The Bertz CT molecular complexity index is 381. The molecular formula is C11H18N2O2S. The minimum atomic E-state index is -3.31.